The molecule has 0 aliphatic carbocycles. The Hall–Kier alpha value is -2.04. The zero-order valence-corrected chi connectivity index (χ0v) is 13.1. The van der Waals surface area contributed by atoms with E-state index in [9.17, 15) is 9.59 Å². The van der Waals surface area contributed by atoms with Gasteiger partial charge in [-0.1, -0.05) is 26.0 Å². The number of amides is 2. The molecule has 0 heterocycles. The molecule has 1 aromatic carbocycles. The number of benzene rings is 1. The second-order valence-corrected chi connectivity index (χ2v) is 5.75. The van der Waals surface area contributed by atoms with Crippen LogP contribution in [0.25, 0.3) is 0 Å². The van der Waals surface area contributed by atoms with Crippen LogP contribution in [0, 0.1) is 18.8 Å². The third-order valence-corrected chi connectivity index (χ3v) is 3.30. The number of carbonyl (C=O) groups excluding carboxylic acids is 1. The Bertz CT molecular complexity index is 500. The lowest BCUT2D eigenvalue weighted by atomic mass is 9.97. The number of carboxylic acid groups (broad SMARTS) is 1. The van der Waals surface area contributed by atoms with E-state index in [1.807, 2.05) is 45.0 Å². The van der Waals surface area contributed by atoms with Crippen molar-refractivity contribution >= 4 is 17.7 Å². The number of hydrogen-bond donors (Lipinski definition) is 2. The van der Waals surface area contributed by atoms with Gasteiger partial charge in [-0.2, -0.15) is 0 Å². The topological polar surface area (TPSA) is 69.6 Å². The molecule has 5 nitrogen and oxygen atoms in total. The summed E-state index contributed by atoms with van der Waals surface area (Å²) in [5.74, 6) is -1.15. The Balaban J connectivity index is 2.61. The van der Waals surface area contributed by atoms with Crippen LogP contribution in [0.1, 0.15) is 25.8 Å². The quantitative estimate of drug-likeness (QED) is 0.847. The highest BCUT2D eigenvalue weighted by atomic mass is 16.4. The first-order chi connectivity index (χ1) is 9.81. The van der Waals surface area contributed by atoms with Crippen molar-refractivity contribution in [3.8, 4) is 0 Å². The molecule has 0 aromatic heterocycles. The number of anilines is 1. The Labute approximate surface area is 126 Å². The van der Waals surface area contributed by atoms with Gasteiger partial charge in [-0.3, -0.25) is 9.69 Å². The predicted molar refractivity (Wildman–Crippen MR) is 83.6 cm³/mol. The van der Waals surface area contributed by atoms with Gasteiger partial charge in [0.2, 0.25) is 0 Å². The maximum atomic E-state index is 12.1. The van der Waals surface area contributed by atoms with Gasteiger partial charge in [0.05, 0.1) is 5.92 Å². The summed E-state index contributed by atoms with van der Waals surface area (Å²) in [6, 6.07) is 7.29. The lowest BCUT2D eigenvalue weighted by molar-refractivity contribution is -0.142. The molecule has 5 heteroatoms. The third kappa shape index (κ3) is 5.45. The molecule has 1 atom stereocenters. The first-order valence-corrected chi connectivity index (χ1v) is 7.12. The second kappa shape index (κ2) is 7.67. The number of nitrogens with zero attached hydrogens (tertiary/aromatic N) is 1. The Morgan fingerprint density at radius 3 is 2.52 bits per heavy atom. The van der Waals surface area contributed by atoms with Crippen LogP contribution in [0.15, 0.2) is 24.3 Å². The summed E-state index contributed by atoms with van der Waals surface area (Å²) in [5, 5.41) is 11.9. The van der Waals surface area contributed by atoms with Crippen molar-refractivity contribution < 1.29 is 14.7 Å². The molecule has 1 unspecified atom stereocenters. The first kappa shape index (κ1) is 17.0. The van der Waals surface area contributed by atoms with Crippen LogP contribution in [0.2, 0.25) is 0 Å². The fourth-order valence-electron chi connectivity index (χ4n) is 2.12. The SMILES string of the molecule is Cc1cccc(N(C)C(=O)NCC(CC(C)C)C(=O)O)c1. The van der Waals surface area contributed by atoms with Crippen molar-refractivity contribution in [3.05, 3.63) is 29.8 Å². The standard InChI is InChI=1S/C16H24N2O3/c1-11(2)8-13(15(19)20)10-17-16(21)18(4)14-7-5-6-12(3)9-14/h5-7,9,11,13H,8,10H2,1-4H3,(H,17,21)(H,19,20). The van der Waals surface area contributed by atoms with Crippen LogP contribution in [-0.4, -0.2) is 30.7 Å². The minimum atomic E-state index is -0.873. The van der Waals surface area contributed by atoms with Crippen LogP contribution in [0.3, 0.4) is 0 Å². The van der Waals surface area contributed by atoms with E-state index in [-0.39, 0.29) is 18.5 Å². The maximum Gasteiger partial charge on any atom is 0.321 e. The number of aliphatic carboxylic acids is 1. The van der Waals surface area contributed by atoms with E-state index in [0.717, 1.165) is 11.3 Å². The van der Waals surface area contributed by atoms with Gasteiger partial charge in [0, 0.05) is 19.3 Å². The largest absolute Gasteiger partial charge is 0.481 e. The minimum Gasteiger partial charge on any atom is -0.481 e. The van der Waals surface area contributed by atoms with Gasteiger partial charge in [0.15, 0.2) is 0 Å². The van der Waals surface area contributed by atoms with Crippen LogP contribution >= 0.6 is 0 Å². The Kier molecular flexibility index (Phi) is 6.21. The van der Waals surface area contributed by atoms with Gasteiger partial charge in [0.1, 0.15) is 0 Å². The molecule has 0 spiro atoms. The summed E-state index contributed by atoms with van der Waals surface area (Å²) in [6.45, 7) is 6.04. The third-order valence-electron chi connectivity index (χ3n) is 3.30. The fraction of sp³-hybridized carbons (Fsp3) is 0.500. The van der Waals surface area contributed by atoms with Crippen molar-refractivity contribution in [1.82, 2.24) is 5.32 Å². The molecule has 1 rings (SSSR count). The van der Waals surface area contributed by atoms with Gasteiger partial charge in [-0.05, 0) is 37.0 Å². The minimum absolute atomic E-state index is 0.141. The second-order valence-electron chi connectivity index (χ2n) is 5.75. The van der Waals surface area contributed by atoms with Crippen molar-refractivity contribution in [2.24, 2.45) is 11.8 Å². The number of urea groups is 1. The molecular weight excluding hydrogens is 268 g/mol. The number of aryl methyl sites for hydroxylation is 1. The Morgan fingerprint density at radius 1 is 1.33 bits per heavy atom. The normalized spacial score (nSPS) is 12.0. The summed E-state index contributed by atoms with van der Waals surface area (Å²) in [6.07, 6.45) is 0.545. The highest BCUT2D eigenvalue weighted by Gasteiger charge is 2.20. The molecule has 0 saturated heterocycles. The average Bonchev–Trinajstić information content (AvgIpc) is 2.41. The molecule has 2 amide bonds. The van der Waals surface area contributed by atoms with Crippen LogP contribution in [-0.2, 0) is 4.79 Å². The molecule has 0 fully saturated rings. The summed E-state index contributed by atoms with van der Waals surface area (Å²) in [7, 11) is 1.67. The molecule has 1 aromatic rings. The smallest absolute Gasteiger partial charge is 0.321 e. The molecule has 21 heavy (non-hydrogen) atoms. The van der Waals surface area contributed by atoms with E-state index in [1.54, 1.807) is 7.05 Å². The molecule has 0 aliphatic rings. The van der Waals surface area contributed by atoms with Gasteiger partial charge < -0.3 is 10.4 Å². The zero-order chi connectivity index (χ0) is 16.0. The highest BCUT2D eigenvalue weighted by Crippen LogP contribution is 2.15. The number of carboxylic acids is 1. The van der Waals surface area contributed by atoms with E-state index in [2.05, 4.69) is 5.32 Å². The van der Waals surface area contributed by atoms with Gasteiger partial charge in [-0.25, -0.2) is 4.79 Å². The summed E-state index contributed by atoms with van der Waals surface area (Å²) in [5.41, 5.74) is 1.85. The van der Waals surface area contributed by atoms with Crippen LogP contribution in [0.4, 0.5) is 10.5 Å². The number of carbonyl (C=O) groups is 2. The number of rotatable bonds is 6. The predicted octanol–water partition coefficient (Wildman–Crippen LogP) is 2.89. The fourth-order valence-corrected chi connectivity index (χ4v) is 2.12. The molecule has 0 aliphatic heterocycles. The molecule has 0 radical (unpaired) electrons. The molecular formula is C16H24N2O3. The number of hydrogen-bond acceptors (Lipinski definition) is 2. The summed E-state index contributed by atoms with van der Waals surface area (Å²) >= 11 is 0. The molecule has 0 saturated carbocycles. The van der Waals surface area contributed by atoms with E-state index in [0.29, 0.717) is 6.42 Å². The van der Waals surface area contributed by atoms with Crippen LogP contribution in [0.5, 0.6) is 0 Å². The summed E-state index contributed by atoms with van der Waals surface area (Å²) in [4.78, 5) is 24.7. The summed E-state index contributed by atoms with van der Waals surface area (Å²) < 4.78 is 0. The van der Waals surface area contributed by atoms with Crippen molar-refractivity contribution in [2.75, 3.05) is 18.5 Å². The van der Waals surface area contributed by atoms with Gasteiger partial charge >= 0.3 is 12.0 Å². The van der Waals surface area contributed by atoms with Crippen molar-refractivity contribution in [3.63, 3.8) is 0 Å². The molecule has 0 bridgehead atoms. The Morgan fingerprint density at radius 2 is 2.00 bits per heavy atom. The molecule has 2 N–H and O–H groups in total. The lowest BCUT2D eigenvalue weighted by Gasteiger charge is -2.21. The van der Waals surface area contributed by atoms with E-state index in [4.69, 9.17) is 5.11 Å². The first-order valence-electron chi connectivity index (χ1n) is 7.12. The highest BCUT2D eigenvalue weighted by molar-refractivity contribution is 5.91. The number of nitrogens with one attached hydrogen (secondary N) is 1. The zero-order valence-electron chi connectivity index (χ0n) is 13.1. The van der Waals surface area contributed by atoms with Gasteiger partial charge in [-0.15, -0.1) is 0 Å². The van der Waals surface area contributed by atoms with E-state index >= 15 is 0 Å². The lowest BCUT2D eigenvalue weighted by Crippen LogP contribution is -2.41. The average molecular weight is 292 g/mol. The van der Waals surface area contributed by atoms with Crippen molar-refractivity contribution in [2.45, 2.75) is 27.2 Å². The van der Waals surface area contributed by atoms with Gasteiger partial charge in [0.25, 0.3) is 0 Å². The van der Waals surface area contributed by atoms with E-state index < -0.39 is 11.9 Å². The maximum absolute atomic E-state index is 12.1. The monoisotopic (exact) mass is 292 g/mol. The van der Waals surface area contributed by atoms with Crippen LogP contribution < -0.4 is 10.2 Å². The van der Waals surface area contributed by atoms with E-state index in [1.165, 1.54) is 4.90 Å². The molecule has 116 valence electrons. The van der Waals surface area contributed by atoms with Crippen molar-refractivity contribution in [1.29, 1.82) is 0 Å².